The highest BCUT2D eigenvalue weighted by atomic mass is 16.3. The van der Waals surface area contributed by atoms with Gasteiger partial charge in [0.1, 0.15) is 5.78 Å². The molecule has 0 heterocycles. The molecule has 0 radical (unpaired) electrons. The molecule has 0 bridgehead atoms. The van der Waals surface area contributed by atoms with E-state index in [4.69, 9.17) is 5.11 Å². The number of rotatable bonds is 14. The molecule has 4 nitrogen and oxygen atoms in total. The highest BCUT2D eigenvalue weighted by molar-refractivity contribution is 5.83. The Morgan fingerprint density at radius 1 is 1.30 bits per heavy atom. The molecule has 0 spiro atoms. The lowest BCUT2D eigenvalue weighted by atomic mass is 9.89. The summed E-state index contributed by atoms with van der Waals surface area (Å²) in [6.45, 7) is 5.69. The van der Waals surface area contributed by atoms with Crippen molar-refractivity contribution in [2.24, 2.45) is 11.8 Å². The molecule has 0 aromatic rings. The van der Waals surface area contributed by atoms with Gasteiger partial charge in [0, 0.05) is 12.3 Å². The minimum absolute atomic E-state index is 0.0352. The first kappa shape index (κ1) is 23.8. The Kier molecular flexibility index (Phi) is 11.5. The molecule has 0 saturated heterocycles. The Balaban J connectivity index is 2.45. The normalized spacial score (nSPS) is 23.9. The molecule has 154 valence electrons. The summed E-state index contributed by atoms with van der Waals surface area (Å²) < 4.78 is 0. The summed E-state index contributed by atoms with van der Waals surface area (Å²) >= 11 is 0. The topological polar surface area (TPSA) is 77.8 Å². The van der Waals surface area contributed by atoms with Crippen LogP contribution in [0.5, 0.6) is 0 Å². The predicted octanol–water partition coefficient (Wildman–Crippen LogP) is 4.11. The highest BCUT2D eigenvalue weighted by Crippen LogP contribution is 2.33. The van der Waals surface area contributed by atoms with Crippen molar-refractivity contribution >= 4 is 5.78 Å². The molecule has 27 heavy (non-hydrogen) atoms. The maximum atomic E-state index is 12.2. The lowest BCUT2D eigenvalue weighted by Crippen LogP contribution is -2.24. The van der Waals surface area contributed by atoms with Crippen molar-refractivity contribution in [1.82, 2.24) is 0 Å². The fourth-order valence-electron chi connectivity index (χ4n) is 3.61. The lowest BCUT2D eigenvalue weighted by molar-refractivity contribution is -0.120. The van der Waals surface area contributed by atoms with Crippen LogP contribution in [0.4, 0.5) is 0 Å². The monoisotopic (exact) mass is 378 g/mol. The van der Waals surface area contributed by atoms with E-state index in [1.54, 1.807) is 6.08 Å². The van der Waals surface area contributed by atoms with Gasteiger partial charge in [0.05, 0.1) is 18.3 Å². The molecular weight excluding hydrogens is 340 g/mol. The summed E-state index contributed by atoms with van der Waals surface area (Å²) in [7, 11) is 0. The standard InChI is InChI=1S/C23H38O4/c1-3-5-16-23(27,4-2)17-10-11-19-14-15-22(26)21(19)13-9-7-6-8-12-20(25)18-24/h4,7,9-11,19-21,24-25,27H,2-3,5-6,8,12-18H2,1H3/t19-,20?,21+,23?/m0/s1. The molecule has 0 aliphatic heterocycles. The average molecular weight is 379 g/mol. The first-order chi connectivity index (χ1) is 13.0. The van der Waals surface area contributed by atoms with E-state index in [9.17, 15) is 15.0 Å². The van der Waals surface area contributed by atoms with Gasteiger partial charge in [-0.25, -0.2) is 0 Å². The van der Waals surface area contributed by atoms with E-state index in [0.717, 1.165) is 44.9 Å². The molecule has 1 aliphatic carbocycles. The molecular formula is C23H38O4. The second kappa shape index (κ2) is 13.0. The SMILES string of the molecule is C=CC(O)(CC=C[C@H]1CCC(=O)[C@@H]1CC=CCCCC(O)CO)CCCC. The van der Waals surface area contributed by atoms with Crippen molar-refractivity contribution in [3.63, 3.8) is 0 Å². The van der Waals surface area contributed by atoms with Gasteiger partial charge in [0.2, 0.25) is 0 Å². The van der Waals surface area contributed by atoms with Crippen LogP contribution in [0, 0.1) is 11.8 Å². The number of aliphatic hydroxyl groups excluding tert-OH is 2. The third-order valence-corrected chi connectivity index (χ3v) is 5.53. The fourth-order valence-corrected chi connectivity index (χ4v) is 3.61. The number of unbranched alkanes of at least 4 members (excludes halogenated alkanes) is 2. The Morgan fingerprint density at radius 2 is 2.07 bits per heavy atom. The van der Waals surface area contributed by atoms with Gasteiger partial charge in [-0.3, -0.25) is 4.79 Å². The van der Waals surface area contributed by atoms with Crippen LogP contribution in [0.3, 0.4) is 0 Å². The number of Topliss-reactive ketones (excluding diaryl/α,β-unsaturated/α-hetero) is 1. The van der Waals surface area contributed by atoms with Crippen molar-refractivity contribution in [2.45, 2.75) is 82.8 Å². The molecule has 1 fully saturated rings. The second-order valence-corrected chi connectivity index (χ2v) is 7.79. The van der Waals surface area contributed by atoms with Gasteiger partial charge < -0.3 is 15.3 Å². The van der Waals surface area contributed by atoms with Crippen LogP contribution in [-0.4, -0.2) is 39.4 Å². The van der Waals surface area contributed by atoms with E-state index in [1.807, 2.05) is 6.08 Å². The highest BCUT2D eigenvalue weighted by Gasteiger charge is 2.32. The van der Waals surface area contributed by atoms with Crippen LogP contribution in [0.15, 0.2) is 37.0 Å². The molecule has 2 unspecified atom stereocenters. The quantitative estimate of drug-likeness (QED) is 0.314. The van der Waals surface area contributed by atoms with Crippen molar-refractivity contribution in [1.29, 1.82) is 0 Å². The van der Waals surface area contributed by atoms with E-state index in [-0.39, 0.29) is 18.4 Å². The van der Waals surface area contributed by atoms with E-state index in [0.29, 0.717) is 25.0 Å². The first-order valence-electron chi connectivity index (χ1n) is 10.4. The zero-order valence-electron chi connectivity index (χ0n) is 16.9. The van der Waals surface area contributed by atoms with Gasteiger partial charge in [-0.2, -0.15) is 0 Å². The summed E-state index contributed by atoms with van der Waals surface area (Å²) in [6.07, 6.45) is 17.1. The van der Waals surface area contributed by atoms with Crippen LogP contribution >= 0.6 is 0 Å². The van der Waals surface area contributed by atoms with Gasteiger partial charge in [-0.05, 0) is 50.9 Å². The van der Waals surface area contributed by atoms with Gasteiger partial charge in [-0.1, -0.05) is 50.1 Å². The fraction of sp³-hybridized carbons (Fsp3) is 0.696. The molecule has 3 N–H and O–H groups in total. The number of carbonyl (C=O) groups is 1. The van der Waals surface area contributed by atoms with Crippen molar-refractivity contribution in [3.8, 4) is 0 Å². The van der Waals surface area contributed by atoms with Gasteiger partial charge in [0.25, 0.3) is 0 Å². The average Bonchev–Trinajstić information content (AvgIpc) is 3.02. The lowest BCUT2D eigenvalue weighted by Gasteiger charge is -2.22. The summed E-state index contributed by atoms with van der Waals surface area (Å²) in [6, 6.07) is 0. The smallest absolute Gasteiger partial charge is 0.136 e. The molecule has 0 aromatic carbocycles. The summed E-state index contributed by atoms with van der Waals surface area (Å²) in [5.74, 6) is 0.613. The minimum atomic E-state index is -0.844. The summed E-state index contributed by atoms with van der Waals surface area (Å²) in [5, 5.41) is 28.6. The molecule has 0 amide bonds. The van der Waals surface area contributed by atoms with Gasteiger partial charge in [0.15, 0.2) is 0 Å². The summed E-state index contributed by atoms with van der Waals surface area (Å²) in [4.78, 5) is 12.2. The first-order valence-corrected chi connectivity index (χ1v) is 10.4. The Labute approximate surface area is 164 Å². The Hall–Kier alpha value is -1.23. The van der Waals surface area contributed by atoms with Crippen LogP contribution in [0.25, 0.3) is 0 Å². The molecule has 1 aliphatic rings. The van der Waals surface area contributed by atoms with Gasteiger partial charge in [-0.15, -0.1) is 6.58 Å². The molecule has 4 heteroatoms. The van der Waals surface area contributed by atoms with Crippen LogP contribution in [0.2, 0.25) is 0 Å². The minimum Gasteiger partial charge on any atom is -0.394 e. The number of aliphatic hydroxyl groups is 3. The maximum absolute atomic E-state index is 12.2. The van der Waals surface area contributed by atoms with Crippen LogP contribution < -0.4 is 0 Å². The maximum Gasteiger partial charge on any atom is 0.136 e. The van der Waals surface area contributed by atoms with Crippen LogP contribution in [0.1, 0.15) is 71.1 Å². The Morgan fingerprint density at radius 3 is 2.74 bits per heavy atom. The number of carbonyl (C=O) groups excluding carboxylic acids is 1. The molecule has 4 atom stereocenters. The number of hydrogen-bond acceptors (Lipinski definition) is 4. The number of hydrogen-bond donors (Lipinski definition) is 3. The number of allylic oxidation sites excluding steroid dienone is 3. The molecule has 1 rings (SSSR count). The molecule has 1 saturated carbocycles. The second-order valence-electron chi connectivity index (χ2n) is 7.79. The number of ketones is 1. The van der Waals surface area contributed by atoms with E-state index < -0.39 is 11.7 Å². The van der Waals surface area contributed by atoms with E-state index in [2.05, 4.69) is 31.7 Å². The van der Waals surface area contributed by atoms with E-state index in [1.165, 1.54) is 0 Å². The van der Waals surface area contributed by atoms with Crippen molar-refractivity contribution in [3.05, 3.63) is 37.0 Å². The van der Waals surface area contributed by atoms with Crippen LogP contribution in [-0.2, 0) is 4.79 Å². The van der Waals surface area contributed by atoms with Gasteiger partial charge >= 0.3 is 0 Å². The zero-order chi connectivity index (χ0) is 20.1. The molecule has 0 aromatic heterocycles. The largest absolute Gasteiger partial charge is 0.394 e. The predicted molar refractivity (Wildman–Crippen MR) is 110 cm³/mol. The zero-order valence-corrected chi connectivity index (χ0v) is 16.9. The Bertz CT molecular complexity index is 497. The van der Waals surface area contributed by atoms with Crippen molar-refractivity contribution < 1.29 is 20.1 Å². The summed E-state index contributed by atoms with van der Waals surface area (Å²) in [5.41, 5.74) is -0.844. The van der Waals surface area contributed by atoms with Crippen molar-refractivity contribution in [2.75, 3.05) is 6.61 Å². The third-order valence-electron chi connectivity index (χ3n) is 5.53. The third kappa shape index (κ3) is 9.00. The van der Waals surface area contributed by atoms with E-state index >= 15 is 0 Å².